The van der Waals surface area contributed by atoms with E-state index in [0.717, 1.165) is 18.6 Å². The molecule has 74 valence electrons. The van der Waals surface area contributed by atoms with E-state index in [1.807, 2.05) is 11.8 Å². The van der Waals surface area contributed by atoms with E-state index < -0.39 is 0 Å². The van der Waals surface area contributed by atoms with E-state index in [9.17, 15) is 0 Å². The molecule has 0 unspecified atom stereocenters. The van der Waals surface area contributed by atoms with Gasteiger partial charge in [0.25, 0.3) is 0 Å². The summed E-state index contributed by atoms with van der Waals surface area (Å²) in [5.74, 6) is 2.40. The summed E-state index contributed by atoms with van der Waals surface area (Å²) in [6.07, 6.45) is 4.55. The van der Waals surface area contributed by atoms with Crippen LogP contribution in [0.4, 0.5) is 0 Å². The van der Waals surface area contributed by atoms with Crippen LogP contribution in [0.2, 0.25) is 0 Å². The van der Waals surface area contributed by atoms with Crippen molar-refractivity contribution in [3.8, 4) is 6.07 Å². The molecule has 0 amide bonds. The van der Waals surface area contributed by atoms with Crippen LogP contribution in [0.5, 0.6) is 0 Å². The number of hydrogen-bond donors (Lipinski definition) is 0. The Labute approximate surface area is 85.3 Å². The molecule has 0 atom stereocenters. The number of rotatable bonds is 6. The summed E-state index contributed by atoms with van der Waals surface area (Å²) in [7, 11) is 0. The second kappa shape index (κ2) is 7.23. The Morgan fingerprint density at radius 2 is 2.00 bits per heavy atom. The summed E-state index contributed by atoms with van der Waals surface area (Å²) < 4.78 is 0. The Bertz CT molecular complexity index is 159. The third kappa shape index (κ3) is 5.17. The molecule has 3 heteroatoms. The standard InChI is InChI=1S/C10H18N2S/c11-5-1-4-9-13-10-8-12-6-2-3-7-12/h1-4,6-10H2. The summed E-state index contributed by atoms with van der Waals surface area (Å²) in [4.78, 5) is 2.54. The largest absolute Gasteiger partial charge is 0.303 e. The fourth-order valence-electron chi connectivity index (χ4n) is 1.56. The lowest BCUT2D eigenvalue weighted by atomic mass is 10.4. The quantitative estimate of drug-likeness (QED) is 0.612. The van der Waals surface area contributed by atoms with Gasteiger partial charge in [0.05, 0.1) is 6.07 Å². The molecule has 0 spiro atoms. The molecule has 0 aromatic rings. The molecular weight excluding hydrogens is 180 g/mol. The van der Waals surface area contributed by atoms with Crippen LogP contribution in [0.15, 0.2) is 0 Å². The minimum atomic E-state index is 0.719. The maximum absolute atomic E-state index is 8.33. The second-order valence-corrected chi connectivity index (χ2v) is 4.65. The fraction of sp³-hybridized carbons (Fsp3) is 0.900. The monoisotopic (exact) mass is 198 g/mol. The molecule has 0 aromatic heterocycles. The van der Waals surface area contributed by atoms with Crippen LogP contribution in [-0.2, 0) is 0 Å². The number of likely N-dealkylation sites (tertiary alicyclic amines) is 1. The van der Waals surface area contributed by atoms with Gasteiger partial charge in [-0.25, -0.2) is 0 Å². The average Bonchev–Trinajstić information content (AvgIpc) is 2.63. The highest BCUT2D eigenvalue weighted by Crippen LogP contribution is 2.10. The Hall–Kier alpha value is -0.200. The molecule has 0 aromatic carbocycles. The Morgan fingerprint density at radius 3 is 2.69 bits per heavy atom. The fourth-order valence-corrected chi connectivity index (χ4v) is 2.50. The molecule has 1 saturated heterocycles. The smallest absolute Gasteiger partial charge is 0.0622 e. The van der Waals surface area contributed by atoms with Crippen molar-refractivity contribution in [2.75, 3.05) is 31.1 Å². The zero-order valence-corrected chi connectivity index (χ0v) is 8.98. The first-order chi connectivity index (χ1) is 6.43. The van der Waals surface area contributed by atoms with Gasteiger partial charge in [-0.2, -0.15) is 17.0 Å². The SMILES string of the molecule is N#CCCCSCCN1CCCC1. The summed E-state index contributed by atoms with van der Waals surface area (Å²) in [5, 5.41) is 8.33. The van der Waals surface area contributed by atoms with Gasteiger partial charge in [-0.1, -0.05) is 0 Å². The van der Waals surface area contributed by atoms with Gasteiger partial charge in [0.2, 0.25) is 0 Å². The number of unbranched alkanes of at least 4 members (excludes halogenated alkanes) is 1. The normalized spacial score (nSPS) is 17.5. The van der Waals surface area contributed by atoms with E-state index in [-0.39, 0.29) is 0 Å². The second-order valence-electron chi connectivity index (χ2n) is 3.42. The summed E-state index contributed by atoms with van der Waals surface area (Å²) in [6, 6.07) is 2.18. The van der Waals surface area contributed by atoms with Gasteiger partial charge >= 0.3 is 0 Å². The van der Waals surface area contributed by atoms with Gasteiger partial charge in [-0.3, -0.25) is 0 Å². The molecular formula is C10H18N2S. The van der Waals surface area contributed by atoms with Crippen LogP contribution in [-0.4, -0.2) is 36.0 Å². The highest BCUT2D eigenvalue weighted by atomic mass is 32.2. The van der Waals surface area contributed by atoms with Crippen molar-refractivity contribution < 1.29 is 0 Å². The van der Waals surface area contributed by atoms with Crippen LogP contribution in [0, 0.1) is 11.3 Å². The molecule has 1 aliphatic rings. The number of nitrogens with zero attached hydrogens (tertiary/aromatic N) is 2. The van der Waals surface area contributed by atoms with E-state index in [2.05, 4.69) is 11.0 Å². The maximum atomic E-state index is 8.33. The Morgan fingerprint density at radius 1 is 1.23 bits per heavy atom. The van der Waals surface area contributed by atoms with Crippen molar-refractivity contribution in [1.82, 2.24) is 4.90 Å². The van der Waals surface area contributed by atoms with Crippen molar-refractivity contribution in [1.29, 1.82) is 5.26 Å². The minimum absolute atomic E-state index is 0.719. The first kappa shape index (κ1) is 10.9. The Kier molecular flexibility index (Phi) is 6.05. The molecule has 0 radical (unpaired) electrons. The van der Waals surface area contributed by atoms with Crippen molar-refractivity contribution in [2.45, 2.75) is 25.7 Å². The number of hydrogen-bond acceptors (Lipinski definition) is 3. The minimum Gasteiger partial charge on any atom is -0.303 e. The zero-order valence-electron chi connectivity index (χ0n) is 8.17. The van der Waals surface area contributed by atoms with Crippen molar-refractivity contribution in [3.63, 3.8) is 0 Å². The van der Waals surface area contributed by atoms with Gasteiger partial charge < -0.3 is 4.90 Å². The summed E-state index contributed by atoms with van der Waals surface area (Å²) >= 11 is 1.99. The Balaban J connectivity index is 1.81. The van der Waals surface area contributed by atoms with E-state index >= 15 is 0 Å². The molecule has 1 rings (SSSR count). The molecule has 1 heterocycles. The van der Waals surface area contributed by atoms with Crippen LogP contribution >= 0.6 is 11.8 Å². The molecule has 0 aliphatic carbocycles. The van der Waals surface area contributed by atoms with E-state index in [0.29, 0.717) is 0 Å². The van der Waals surface area contributed by atoms with Crippen LogP contribution in [0.25, 0.3) is 0 Å². The molecule has 1 fully saturated rings. The highest BCUT2D eigenvalue weighted by molar-refractivity contribution is 7.99. The predicted octanol–water partition coefficient (Wildman–Crippen LogP) is 2.12. The molecule has 13 heavy (non-hydrogen) atoms. The number of thioether (sulfide) groups is 1. The van der Waals surface area contributed by atoms with Crippen LogP contribution in [0.1, 0.15) is 25.7 Å². The predicted molar refractivity (Wildman–Crippen MR) is 57.8 cm³/mol. The highest BCUT2D eigenvalue weighted by Gasteiger charge is 2.09. The molecule has 1 aliphatic heterocycles. The van der Waals surface area contributed by atoms with Gasteiger partial charge in [0, 0.05) is 18.7 Å². The average molecular weight is 198 g/mol. The first-order valence-corrected chi connectivity index (χ1v) is 6.26. The molecule has 2 nitrogen and oxygen atoms in total. The lowest BCUT2D eigenvalue weighted by molar-refractivity contribution is 0.362. The molecule has 0 N–H and O–H groups in total. The van der Waals surface area contributed by atoms with Crippen molar-refractivity contribution in [2.24, 2.45) is 0 Å². The van der Waals surface area contributed by atoms with Gasteiger partial charge in [0.15, 0.2) is 0 Å². The van der Waals surface area contributed by atoms with Gasteiger partial charge in [-0.05, 0) is 38.1 Å². The van der Waals surface area contributed by atoms with E-state index in [1.165, 1.54) is 38.2 Å². The van der Waals surface area contributed by atoms with Crippen molar-refractivity contribution in [3.05, 3.63) is 0 Å². The lowest BCUT2D eigenvalue weighted by Crippen LogP contribution is -2.21. The lowest BCUT2D eigenvalue weighted by Gasteiger charge is -2.13. The molecule has 0 bridgehead atoms. The topological polar surface area (TPSA) is 27.0 Å². The van der Waals surface area contributed by atoms with E-state index in [4.69, 9.17) is 5.26 Å². The molecule has 0 saturated carbocycles. The van der Waals surface area contributed by atoms with E-state index in [1.54, 1.807) is 0 Å². The first-order valence-electron chi connectivity index (χ1n) is 5.10. The van der Waals surface area contributed by atoms with Crippen LogP contribution < -0.4 is 0 Å². The number of nitriles is 1. The van der Waals surface area contributed by atoms with Gasteiger partial charge in [-0.15, -0.1) is 0 Å². The maximum Gasteiger partial charge on any atom is 0.0622 e. The summed E-state index contributed by atoms with van der Waals surface area (Å²) in [6.45, 7) is 3.86. The zero-order chi connectivity index (χ0) is 9.36. The summed E-state index contributed by atoms with van der Waals surface area (Å²) in [5.41, 5.74) is 0. The van der Waals surface area contributed by atoms with Gasteiger partial charge in [0.1, 0.15) is 0 Å². The van der Waals surface area contributed by atoms with Crippen molar-refractivity contribution >= 4 is 11.8 Å². The third-order valence-corrected chi connectivity index (χ3v) is 3.38. The van der Waals surface area contributed by atoms with Crippen LogP contribution in [0.3, 0.4) is 0 Å². The third-order valence-electron chi connectivity index (χ3n) is 2.33.